The summed E-state index contributed by atoms with van der Waals surface area (Å²) in [6, 6.07) is 0.675. The van der Waals surface area contributed by atoms with Crippen LogP contribution in [0.3, 0.4) is 0 Å². The Kier molecular flexibility index (Phi) is 4.83. The largest absolute Gasteiger partial charge is 0.372 e. The number of nitrogens with zero attached hydrogens (tertiary/aromatic N) is 1. The van der Waals surface area contributed by atoms with Gasteiger partial charge in [0.05, 0.1) is 12.2 Å². The molecule has 0 aromatic rings. The molecule has 0 aromatic heterocycles. The molecule has 3 unspecified atom stereocenters. The van der Waals surface area contributed by atoms with E-state index in [4.69, 9.17) is 4.74 Å². The highest BCUT2D eigenvalue weighted by Gasteiger charge is 2.36. The molecule has 3 heteroatoms. The molecule has 0 aromatic carbocycles. The predicted octanol–water partition coefficient (Wildman–Crippen LogP) is 1.87. The molecule has 1 N–H and O–H groups in total. The van der Waals surface area contributed by atoms with Crippen molar-refractivity contribution in [1.29, 1.82) is 0 Å². The molecule has 2 bridgehead atoms. The summed E-state index contributed by atoms with van der Waals surface area (Å²) >= 11 is 0. The highest BCUT2D eigenvalue weighted by atomic mass is 16.5. The molecule has 0 aliphatic carbocycles. The summed E-state index contributed by atoms with van der Waals surface area (Å²) in [5.41, 5.74) is 0. The normalized spacial score (nSPS) is 31.1. The van der Waals surface area contributed by atoms with Crippen LogP contribution in [0.5, 0.6) is 0 Å². The number of hydrogen-bond acceptors (Lipinski definition) is 3. The second-order valence-electron chi connectivity index (χ2n) is 5.93. The molecule has 2 heterocycles. The van der Waals surface area contributed by atoms with E-state index < -0.39 is 0 Å². The highest BCUT2D eigenvalue weighted by molar-refractivity contribution is 4.89. The summed E-state index contributed by atoms with van der Waals surface area (Å²) in [5, 5.41) is 3.58. The van der Waals surface area contributed by atoms with Crippen LogP contribution in [0.15, 0.2) is 0 Å². The number of ether oxygens (including phenoxy) is 1. The molecule has 2 saturated heterocycles. The summed E-state index contributed by atoms with van der Waals surface area (Å²) in [4.78, 5) is 2.67. The van der Waals surface area contributed by atoms with Crippen molar-refractivity contribution in [3.8, 4) is 0 Å². The zero-order valence-corrected chi connectivity index (χ0v) is 11.6. The van der Waals surface area contributed by atoms with E-state index in [-0.39, 0.29) is 0 Å². The summed E-state index contributed by atoms with van der Waals surface area (Å²) in [6.45, 7) is 11.5. The lowest BCUT2D eigenvalue weighted by atomic mass is 10.0. The Morgan fingerprint density at radius 2 is 1.88 bits per heavy atom. The van der Waals surface area contributed by atoms with Crippen molar-refractivity contribution >= 4 is 0 Å². The third kappa shape index (κ3) is 3.43. The van der Waals surface area contributed by atoms with Crippen LogP contribution in [0, 0.1) is 5.92 Å². The number of likely N-dealkylation sites (tertiary alicyclic amines) is 1. The maximum Gasteiger partial charge on any atom is 0.0707 e. The van der Waals surface area contributed by atoms with Crippen LogP contribution in [0.25, 0.3) is 0 Å². The van der Waals surface area contributed by atoms with E-state index in [1.165, 1.54) is 19.3 Å². The van der Waals surface area contributed by atoms with E-state index in [0.717, 1.165) is 32.1 Å². The zero-order valence-electron chi connectivity index (χ0n) is 11.6. The van der Waals surface area contributed by atoms with E-state index in [2.05, 4.69) is 31.0 Å². The van der Waals surface area contributed by atoms with Crippen LogP contribution in [0.2, 0.25) is 0 Å². The molecule has 2 fully saturated rings. The number of morpholine rings is 1. The maximum atomic E-state index is 5.92. The van der Waals surface area contributed by atoms with Gasteiger partial charge >= 0.3 is 0 Å². The molecule has 0 radical (unpaired) electrons. The van der Waals surface area contributed by atoms with E-state index in [0.29, 0.717) is 18.2 Å². The van der Waals surface area contributed by atoms with Gasteiger partial charge in [-0.15, -0.1) is 0 Å². The van der Waals surface area contributed by atoms with Gasteiger partial charge in [0, 0.05) is 25.7 Å². The Balaban J connectivity index is 1.87. The van der Waals surface area contributed by atoms with Gasteiger partial charge in [-0.2, -0.15) is 0 Å². The molecular weight excluding hydrogens is 212 g/mol. The first-order valence-corrected chi connectivity index (χ1v) is 7.31. The summed E-state index contributed by atoms with van der Waals surface area (Å²) < 4.78 is 5.92. The van der Waals surface area contributed by atoms with E-state index in [9.17, 15) is 0 Å². The van der Waals surface area contributed by atoms with E-state index in [1.54, 1.807) is 0 Å². The average Bonchev–Trinajstić information content (AvgIpc) is 2.63. The fourth-order valence-electron chi connectivity index (χ4n) is 3.13. The molecule has 17 heavy (non-hydrogen) atoms. The van der Waals surface area contributed by atoms with Gasteiger partial charge in [-0.1, -0.05) is 20.8 Å². The van der Waals surface area contributed by atoms with Crippen molar-refractivity contribution in [1.82, 2.24) is 10.2 Å². The molecule has 3 atom stereocenters. The standard InChI is InChI=1S/C14H28N2O/c1-4-7-15-8-14(11(2)3)16-9-12-5-6-13(10-16)17-12/h11-15H,4-10H2,1-3H3. The van der Waals surface area contributed by atoms with Crippen molar-refractivity contribution in [2.45, 2.75) is 58.3 Å². The van der Waals surface area contributed by atoms with E-state index >= 15 is 0 Å². The third-order valence-corrected chi connectivity index (χ3v) is 4.09. The van der Waals surface area contributed by atoms with Gasteiger partial charge in [0.1, 0.15) is 0 Å². The molecule has 0 amide bonds. The first-order valence-electron chi connectivity index (χ1n) is 7.31. The SMILES string of the molecule is CCCNCC(C(C)C)N1CC2CCC(C1)O2. The van der Waals surface area contributed by atoms with Crippen LogP contribution < -0.4 is 5.32 Å². The summed E-state index contributed by atoms with van der Waals surface area (Å²) in [5.74, 6) is 0.719. The minimum Gasteiger partial charge on any atom is -0.372 e. The zero-order chi connectivity index (χ0) is 12.3. The Morgan fingerprint density at radius 3 is 2.41 bits per heavy atom. The quantitative estimate of drug-likeness (QED) is 0.717. The second-order valence-corrected chi connectivity index (χ2v) is 5.93. The Bertz CT molecular complexity index is 220. The lowest BCUT2D eigenvalue weighted by Gasteiger charge is -2.40. The maximum absolute atomic E-state index is 5.92. The number of rotatable bonds is 6. The molecule has 2 rings (SSSR count). The molecular formula is C14H28N2O. The first kappa shape index (κ1) is 13.3. The van der Waals surface area contributed by atoms with Crippen LogP contribution >= 0.6 is 0 Å². The number of fused-ring (bicyclic) bond motifs is 2. The van der Waals surface area contributed by atoms with Crippen LogP contribution in [-0.4, -0.2) is 49.3 Å². The average molecular weight is 240 g/mol. The van der Waals surface area contributed by atoms with Crippen molar-refractivity contribution in [2.24, 2.45) is 5.92 Å². The summed E-state index contributed by atoms with van der Waals surface area (Å²) in [6.07, 6.45) is 4.80. The molecule has 3 nitrogen and oxygen atoms in total. The lowest BCUT2D eigenvalue weighted by Crippen LogP contribution is -2.53. The fraction of sp³-hybridized carbons (Fsp3) is 1.00. The minimum absolute atomic E-state index is 0.515. The molecule has 100 valence electrons. The van der Waals surface area contributed by atoms with E-state index in [1.807, 2.05) is 0 Å². The first-order chi connectivity index (χ1) is 8.20. The van der Waals surface area contributed by atoms with Gasteiger partial charge in [-0.05, 0) is 31.7 Å². The van der Waals surface area contributed by atoms with Gasteiger partial charge in [0.2, 0.25) is 0 Å². The van der Waals surface area contributed by atoms with Crippen molar-refractivity contribution in [3.63, 3.8) is 0 Å². The molecule has 2 aliphatic rings. The highest BCUT2D eigenvalue weighted by Crippen LogP contribution is 2.28. The predicted molar refractivity (Wildman–Crippen MR) is 71.3 cm³/mol. The van der Waals surface area contributed by atoms with Crippen molar-refractivity contribution in [2.75, 3.05) is 26.2 Å². The lowest BCUT2D eigenvalue weighted by molar-refractivity contribution is -0.0585. The monoisotopic (exact) mass is 240 g/mol. The molecule has 2 aliphatic heterocycles. The van der Waals surface area contributed by atoms with Crippen molar-refractivity contribution < 1.29 is 4.74 Å². The smallest absolute Gasteiger partial charge is 0.0707 e. The van der Waals surface area contributed by atoms with Gasteiger partial charge in [-0.3, -0.25) is 4.90 Å². The third-order valence-electron chi connectivity index (χ3n) is 4.09. The fourth-order valence-corrected chi connectivity index (χ4v) is 3.13. The van der Waals surface area contributed by atoms with Crippen LogP contribution in [0.4, 0.5) is 0 Å². The van der Waals surface area contributed by atoms with Gasteiger partial charge in [0.15, 0.2) is 0 Å². The van der Waals surface area contributed by atoms with Gasteiger partial charge < -0.3 is 10.1 Å². The second kappa shape index (κ2) is 6.17. The Hall–Kier alpha value is -0.120. The number of nitrogens with one attached hydrogen (secondary N) is 1. The van der Waals surface area contributed by atoms with Gasteiger partial charge in [-0.25, -0.2) is 0 Å². The number of hydrogen-bond donors (Lipinski definition) is 1. The Labute approximate surface area is 106 Å². The van der Waals surface area contributed by atoms with Crippen LogP contribution in [0.1, 0.15) is 40.0 Å². The minimum atomic E-state index is 0.515. The van der Waals surface area contributed by atoms with Crippen LogP contribution in [-0.2, 0) is 4.74 Å². The topological polar surface area (TPSA) is 24.5 Å². The van der Waals surface area contributed by atoms with Gasteiger partial charge in [0.25, 0.3) is 0 Å². The molecule has 0 spiro atoms. The summed E-state index contributed by atoms with van der Waals surface area (Å²) in [7, 11) is 0. The molecule has 0 saturated carbocycles. The Morgan fingerprint density at radius 1 is 1.24 bits per heavy atom. The van der Waals surface area contributed by atoms with Crippen molar-refractivity contribution in [3.05, 3.63) is 0 Å².